The molecule has 176 valence electrons. The molecule has 0 spiro atoms. The highest BCUT2D eigenvalue weighted by Crippen LogP contribution is 2.26. The minimum Gasteiger partial charge on any atom is -0.459 e. The SMILES string of the molecule is NS(=O)(=O)c1cccc(NC(=O)COC(=O)C2Cc3ccccc3CN2C(=O)c2ccco2)c1. The molecule has 0 saturated heterocycles. The van der Waals surface area contributed by atoms with Crippen molar-refractivity contribution >= 4 is 33.5 Å². The first kappa shape index (κ1) is 23.2. The molecule has 3 aromatic rings. The third-order valence-electron chi connectivity index (χ3n) is 5.31. The van der Waals surface area contributed by atoms with E-state index in [0.717, 1.165) is 11.1 Å². The zero-order valence-electron chi connectivity index (χ0n) is 17.8. The normalized spacial score (nSPS) is 15.3. The van der Waals surface area contributed by atoms with Gasteiger partial charge >= 0.3 is 5.97 Å². The molecule has 4 rings (SSSR count). The number of rotatable bonds is 6. The Hall–Kier alpha value is -3.96. The van der Waals surface area contributed by atoms with Crippen molar-refractivity contribution in [3.05, 3.63) is 83.8 Å². The highest BCUT2D eigenvalue weighted by Gasteiger charge is 2.37. The predicted molar refractivity (Wildman–Crippen MR) is 120 cm³/mol. The van der Waals surface area contributed by atoms with E-state index in [1.807, 2.05) is 24.3 Å². The lowest BCUT2D eigenvalue weighted by molar-refractivity contribution is -0.152. The van der Waals surface area contributed by atoms with Crippen LogP contribution in [0.3, 0.4) is 0 Å². The number of sulfonamides is 1. The van der Waals surface area contributed by atoms with Gasteiger partial charge in [0, 0.05) is 18.7 Å². The van der Waals surface area contributed by atoms with Crippen molar-refractivity contribution in [2.24, 2.45) is 5.14 Å². The maximum absolute atomic E-state index is 13.0. The number of amides is 2. The number of nitrogens with two attached hydrogens (primary N) is 1. The van der Waals surface area contributed by atoms with E-state index in [2.05, 4.69) is 5.32 Å². The van der Waals surface area contributed by atoms with Crippen molar-refractivity contribution < 1.29 is 32.0 Å². The van der Waals surface area contributed by atoms with Crippen LogP contribution >= 0.6 is 0 Å². The van der Waals surface area contributed by atoms with Crippen LogP contribution in [0.25, 0.3) is 0 Å². The van der Waals surface area contributed by atoms with Gasteiger partial charge in [0.05, 0.1) is 11.2 Å². The molecule has 2 amide bonds. The lowest BCUT2D eigenvalue weighted by atomic mass is 9.93. The quantitative estimate of drug-likeness (QED) is 0.507. The van der Waals surface area contributed by atoms with Crippen molar-refractivity contribution in [1.82, 2.24) is 4.90 Å². The summed E-state index contributed by atoms with van der Waals surface area (Å²) >= 11 is 0. The molecular formula is C23H21N3O7S. The Morgan fingerprint density at radius 1 is 1.06 bits per heavy atom. The summed E-state index contributed by atoms with van der Waals surface area (Å²) in [6, 6.07) is 14.9. The van der Waals surface area contributed by atoms with Gasteiger partial charge < -0.3 is 19.4 Å². The summed E-state index contributed by atoms with van der Waals surface area (Å²) in [6.07, 6.45) is 1.59. The van der Waals surface area contributed by atoms with Gasteiger partial charge in [-0.05, 0) is 41.5 Å². The first-order valence-corrected chi connectivity index (χ1v) is 11.8. The molecule has 11 heteroatoms. The molecule has 1 aliphatic heterocycles. The molecule has 1 unspecified atom stereocenters. The van der Waals surface area contributed by atoms with Gasteiger partial charge in [0.25, 0.3) is 11.8 Å². The second kappa shape index (κ2) is 9.49. The van der Waals surface area contributed by atoms with Crippen LogP contribution in [0.1, 0.15) is 21.7 Å². The molecule has 0 aliphatic carbocycles. The molecule has 1 aliphatic rings. The monoisotopic (exact) mass is 483 g/mol. The predicted octanol–water partition coefficient (Wildman–Crippen LogP) is 1.68. The van der Waals surface area contributed by atoms with Crippen LogP contribution < -0.4 is 10.5 Å². The number of ether oxygens (including phenoxy) is 1. The third kappa shape index (κ3) is 5.16. The number of carbonyl (C=O) groups is 3. The van der Waals surface area contributed by atoms with Gasteiger partial charge in [-0.1, -0.05) is 30.3 Å². The number of hydrogen-bond acceptors (Lipinski definition) is 7. The number of anilines is 1. The summed E-state index contributed by atoms with van der Waals surface area (Å²) in [5, 5.41) is 7.55. The van der Waals surface area contributed by atoms with Crippen LogP contribution in [0.2, 0.25) is 0 Å². The number of esters is 1. The molecule has 2 aromatic carbocycles. The summed E-state index contributed by atoms with van der Waals surface area (Å²) in [4.78, 5) is 39.4. The fourth-order valence-electron chi connectivity index (χ4n) is 3.67. The van der Waals surface area contributed by atoms with Gasteiger partial charge in [-0.3, -0.25) is 9.59 Å². The van der Waals surface area contributed by atoms with E-state index in [9.17, 15) is 22.8 Å². The average Bonchev–Trinajstić information content (AvgIpc) is 3.36. The number of nitrogens with one attached hydrogen (secondary N) is 1. The molecule has 1 atom stereocenters. The van der Waals surface area contributed by atoms with Crippen molar-refractivity contribution in [3.63, 3.8) is 0 Å². The second-order valence-electron chi connectivity index (χ2n) is 7.63. The van der Waals surface area contributed by atoms with Crippen LogP contribution in [0, 0.1) is 0 Å². The third-order valence-corrected chi connectivity index (χ3v) is 6.22. The molecular weight excluding hydrogens is 462 g/mol. The van der Waals surface area contributed by atoms with E-state index in [4.69, 9.17) is 14.3 Å². The summed E-state index contributed by atoms with van der Waals surface area (Å²) in [5.41, 5.74) is 1.98. The maximum Gasteiger partial charge on any atom is 0.329 e. The van der Waals surface area contributed by atoms with E-state index >= 15 is 0 Å². The Morgan fingerprint density at radius 2 is 1.82 bits per heavy atom. The Bertz CT molecular complexity index is 1340. The first-order chi connectivity index (χ1) is 16.2. The number of nitrogens with zero attached hydrogens (tertiary/aromatic N) is 1. The lowest BCUT2D eigenvalue weighted by Gasteiger charge is -2.34. The minimum absolute atomic E-state index is 0.0877. The topological polar surface area (TPSA) is 149 Å². The smallest absolute Gasteiger partial charge is 0.329 e. The van der Waals surface area contributed by atoms with Crippen molar-refractivity contribution in [2.75, 3.05) is 11.9 Å². The molecule has 0 fully saturated rings. The van der Waals surface area contributed by atoms with Gasteiger partial charge in [0.2, 0.25) is 10.0 Å². The molecule has 0 saturated carbocycles. The van der Waals surface area contributed by atoms with Gasteiger partial charge in [-0.25, -0.2) is 18.4 Å². The van der Waals surface area contributed by atoms with Crippen LogP contribution in [-0.4, -0.2) is 43.8 Å². The molecule has 34 heavy (non-hydrogen) atoms. The minimum atomic E-state index is -3.94. The number of benzene rings is 2. The molecule has 3 N–H and O–H groups in total. The fourth-order valence-corrected chi connectivity index (χ4v) is 4.23. The van der Waals surface area contributed by atoms with Crippen LogP contribution in [0.4, 0.5) is 5.69 Å². The summed E-state index contributed by atoms with van der Waals surface area (Å²) in [7, 11) is -3.94. The summed E-state index contributed by atoms with van der Waals surface area (Å²) in [5.74, 6) is -1.81. The Labute approximate surface area is 195 Å². The maximum atomic E-state index is 13.0. The first-order valence-electron chi connectivity index (χ1n) is 10.2. The van der Waals surface area contributed by atoms with E-state index in [-0.39, 0.29) is 29.3 Å². The van der Waals surface area contributed by atoms with E-state index in [0.29, 0.717) is 0 Å². The van der Waals surface area contributed by atoms with Gasteiger partial charge in [-0.15, -0.1) is 0 Å². The number of furan rings is 1. The van der Waals surface area contributed by atoms with Gasteiger partial charge in [0.15, 0.2) is 12.4 Å². The van der Waals surface area contributed by atoms with Crippen LogP contribution in [-0.2, 0) is 37.3 Å². The largest absolute Gasteiger partial charge is 0.459 e. The van der Waals surface area contributed by atoms with Crippen LogP contribution in [0.15, 0.2) is 76.2 Å². The molecule has 0 radical (unpaired) electrons. The van der Waals surface area contributed by atoms with Crippen molar-refractivity contribution in [2.45, 2.75) is 23.9 Å². The number of hydrogen-bond donors (Lipinski definition) is 2. The van der Waals surface area contributed by atoms with Gasteiger partial charge in [0.1, 0.15) is 6.04 Å². The van der Waals surface area contributed by atoms with Crippen molar-refractivity contribution in [3.8, 4) is 0 Å². The number of fused-ring (bicyclic) bond motifs is 1. The Balaban J connectivity index is 1.45. The standard InChI is InChI=1S/C23H21N3O7S/c24-34(30,31)18-8-3-7-17(12-18)25-21(27)14-33-23(29)19-11-15-5-1-2-6-16(15)13-26(19)22(28)20-9-4-10-32-20/h1-10,12,19H,11,13-14H2,(H,25,27)(H2,24,30,31). The molecule has 10 nitrogen and oxygen atoms in total. The summed E-state index contributed by atoms with van der Waals surface area (Å²) in [6.45, 7) is -0.443. The zero-order chi connectivity index (χ0) is 24.3. The summed E-state index contributed by atoms with van der Waals surface area (Å²) < 4.78 is 33.4. The second-order valence-corrected chi connectivity index (χ2v) is 9.19. The fraction of sp³-hybridized carbons (Fsp3) is 0.174. The van der Waals surface area contributed by atoms with E-state index in [1.165, 1.54) is 41.5 Å². The number of carbonyl (C=O) groups excluding carboxylic acids is 3. The number of primary sulfonamides is 1. The zero-order valence-corrected chi connectivity index (χ0v) is 18.7. The highest BCUT2D eigenvalue weighted by molar-refractivity contribution is 7.89. The van der Waals surface area contributed by atoms with Crippen LogP contribution in [0.5, 0.6) is 0 Å². The Kier molecular flexibility index (Phi) is 6.48. The van der Waals surface area contributed by atoms with Gasteiger partial charge in [-0.2, -0.15) is 0 Å². The molecule has 0 bridgehead atoms. The van der Waals surface area contributed by atoms with Crippen molar-refractivity contribution in [1.29, 1.82) is 0 Å². The van der Waals surface area contributed by atoms with E-state index in [1.54, 1.807) is 6.07 Å². The average molecular weight is 484 g/mol. The molecule has 2 heterocycles. The molecule has 1 aromatic heterocycles. The lowest BCUT2D eigenvalue weighted by Crippen LogP contribution is -2.49. The van der Waals surface area contributed by atoms with E-state index < -0.39 is 40.5 Å². The Morgan fingerprint density at radius 3 is 2.53 bits per heavy atom. The highest BCUT2D eigenvalue weighted by atomic mass is 32.2.